The van der Waals surface area contributed by atoms with Crippen molar-refractivity contribution in [1.82, 2.24) is 10.2 Å². The zero-order chi connectivity index (χ0) is 25.0. The van der Waals surface area contributed by atoms with Gasteiger partial charge in [-0.3, -0.25) is 14.4 Å². The maximum absolute atomic E-state index is 13.8. The smallest absolute Gasteiger partial charge is 0.246 e. The number of hydrogen-bond donors (Lipinski definition) is 3. The van der Waals surface area contributed by atoms with E-state index in [9.17, 15) is 14.4 Å². The summed E-state index contributed by atoms with van der Waals surface area (Å²) in [6.07, 6.45) is 4.10. The van der Waals surface area contributed by atoms with Crippen LogP contribution in [0, 0.1) is 11.8 Å². The second-order valence-corrected chi connectivity index (χ2v) is 9.44. The molecule has 0 spiro atoms. The first-order valence-corrected chi connectivity index (χ1v) is 12.3. The number of carbonyl (C=O) groups excluding carboxylic acids is 3. The first kappa shape index (κ1) is 31.9. The van der Waals surface area contributed by atoms with E-state index in [0.29, 0.717) is 32.2 Å². The highest BCUT2D eigenvalue weighted by atomic mass is 35.5. The monoisotopic (exact) mass is 496 g/mol. The minimum absolute atomic E-state index is 0. The Bertz CT molecular complexity index is 745. The second kappa shape index (κ2) is 16.5. The van der Waals surface area contributed by atoms with Gasteiger partial charge in [0.2, 0.25) is 17.7 Å². The third kappa shape index (κ3) is 10.4. The fraction of sp³-hybridized carbons (Fsp3) is 0.654. The topological polar surface area (TPSA) is 119 Å². The molecule has 3 amide bonds. The van der Waals surface area contributed by atoms with Crippen LogP contribution in [0.25, 0.3) is 0 Å². The van der Waals surface area contributed by atoms with Crippen LogP contribution in [0.5, 0.6) is 0 Å². The number of rotatable bonds is 15. The molecule has 7 nitrogen and oxygen atoms in total. The van der Waals surface area contributed by atoms with E-state index in [1.807, 2.05) is 65.0 Å². The number of nitrogens with one attached hydrogen (secondary N) is 1. The molecule has 1 aromatic carbocycles. The van der Waals surface area contributed by atoms with Crippen molar-refractivity contribution in [2.24, 2.45) is 23.3 Å². The number of carbonyl (C=O) groups is 3. The lowest BCUT2D eigenvalue weighted by molar-refractivity contribution is -0.144. The molecule has 4 atom stereocenters. The highest BCUT2D eigenvalue weighted by Gasteiger charge is 2.36. The highest BCUT2D eigenvalue weighted by Crippen LogP contribution is 2.18. The maximum Gasteiger partial charge on any atom is 0.246 e. The number of primary amides is 1. The van der Waals surface area contributed by atoms with Gasteiger partial charge in [0, 0.05) is 6.54 Å². The molecule has 8 heteroatoms. The number of nitrogens with zero attached hydrogens (tertiary/aromatic N) is 1. The van der Waals surface area contributed by atoms with E-state index in [1.165, 1.54) is 0 Å². The number of benzene rings is 1. The van der Waals surface area contributed by atoms with Gasteiger partial charge in [0.15, 0.2) is 0 Å². The van der Waals surface area contributed by atoms with E-state index in [2.05, 4.69) is 5.32 Å². The molecule has 0 aliphatic carbocycles. The van der Waals surface area contributed by atoms with Crippen LogP contribution in [-0.4, -0.2) is 47.3 Å². The van der Waals surface area contributed by atoms with E-state index in [4.69, 9.17) is 11.5 Å². The third-order valence-corrected chi connectivity index (χ3v) is 6.15. The molecule has 0 aromatic heterocycles. The molecule has 34 heavy (non-hydrogen) atoms. The van der Waals surface area contributed by atoms with Gasteiger partial charge < -0.3 is 21.7 Å². The Morgan fingerprint density at radius 2 is 1.68 bits per heavy atom. The van der Waals surface area contributed by atoms with E-state index < -0.39 is 24.0 Å². The second-order valence-electron chi connectivity index (χ2n) is 9.44. The van der Waals surface area contributed by atoms with Gasteiger partial charge in [-0.15, -0.1) is 12.4 Å². The van der Waals surface area contributed by atoms with Gasteiger partial charge in [0.1, 0.15) is 12.1 Å². The summed E-state index contributed by atoms with van der Waals surface area (Å²) in [4.78, 5) is 40.6. The summed E-state index contributed by atoms with van der Waals surface area (Å²) >= 11 is 0. The van der Waals surface area contributed by atoms with Crippen LogP contribution in [0.4, 0.5) is 0 Å². The van der Waals surface area contributed by atoms with Crippen LogP contribution in [0.3, 0.4) is 0 Å². The number of halogens is 1. The van der Waals surface area contributed by atoms with Gasteiger partial charge in [0.25, 0.3) is 0 Å². The summed E-state index contributed by atoms with van der Waals surface area (Å²) in [6.45, 7) is 10.3. The van der Waals surface area contributed by atoms with Gasteiger partial charge in [-0.05, 0) is 36.7 Å². The summed E-state index contributed by atoms with van der Waals surface area (Å²) in [5.74, 6) is -1.08. The molecule has 0 radical (unpaired) electrons. The number of hydrogen-bond acceptors (Lipinski definition) is 4. The van der Waals surface area contributed by atoms with Crippen LogP contribution < -0.4 is 16.8 Å². The Labute approximate surface area is 211 Å². The van der Waals surface area contributed by atoms with Crippen molar-refractivity contribution in [3.63, 3.8) is 0 Å². The molecule has 194 valence electrons. The molecule has 0 heterocycles. The Morgan fingerprint density at radius 3 is 2.18 bits per heavy atom. The predicted molar refractivity (Wildman–Crippen MR) is 140 cm³/mol. The average Bonchev–Trinajstić information content (AvgIpc) is 2.79. The summed E-state index contributed by atoms with van der Waals surface area (Å²) in [6, 6.07) is 7.65. The minimum atomic E-state index is -0.764. The molecule has 0 bridgehead atoms. The summed E-state index contributed by atoms with van der Waals surface area (Å²) < 4.78 is 0. The normalized spacial score (nSPS) is 14.4. The Morgan fingerprint density at radius 1 is 1.06 bits per heavy atom. The van der Waals surface area contributed by atoms with Gasteiger partial charge in [-0.25, -0.2) is 0 Å². The molecule has 0 saturated carbocycles. The third-order valence-electron chi connectivity index (χ3n) is 6.15. The van der Waals surface area contributed by atoms with Gasteiger partial charge in [0.05, 0.1) is 6.04 Å². The molecule has 0 aliphatic rings. The molecule has 5 N–H and O–H groups in total. The van der Waals surface area contributed by atoms with Crippen LogP contribution >= 0.6 is 12.4 Å². The van der Waals surface area contributed by atoms with Gasteiger partial charge in [-0.1, -0.05) is 84.2 Å². The average molecular weight is 497 g/mol. The van der Waals surface area contributed by atoms with Crippen molar-refractivity contribution in [2.45, 2.75) is 91.3 Å². The van der Waals surface area contributed by atoms with E-state index in [0.717, 1.165) is 18.4 Å². The highest BCUT2D eigenvalue weighted by molar-refractivity contribution is 5.93. The van der Waals surface area contributed by atoms with Crippen LogP contribution in [-0.2, 0) is 20.8 Å². The maximum atomic E-state index is 13.8. The largest absolute Gasteiger partial charge is 0.368 e. The summed E-state index contributed by atoms with van der Waals surface area (Å²) in [5, 5.41) is 2.89. The van der Waals surface area contributed by atoms with Crippen molar-refractivity contribution < 1.29 is 14.4 Å². The van der Waals surface area contributed by atoms with Crippen molar-refractivity contribution >= 4 is 30.1 Å². The molecule has 0 aliphatic heterocycles. The van der Waals surface area contributed by atoms with Crippen molar-refractivity contribution in [3.8, 4) is 0 Å². The van der Waals surface area contributed by atoms with Gasteiger partial charge >= 0.3 is 0 Å². The molecule has 1 rings (SSSR count). The predicted octanol–water partition coefficient (Wildman–Crippen LogP) is 3.43. The lowest BCUT2D eigenvalue weighted by Crippen LogP contribution is -2.59. The van der Waals surface area contributed by atoms with Crippen LogP contribution in [0.1, 0.15) is 72.3 Å². The Hall–Kier alpha value is -2.12. The molecule has 1 aromatic rings. The number of amides is 3. The molecule has 0 fully saturated rings. The van der Waals surface area contributed by atoms with Crippen LogP contribution in [0.15, 0.2) is 30.3 Å². The first-order chi connectivity index (χ1) is 15.6. The minimum Gasteiger partial charge on any atom is -0.368 e. The number of unbranched alkanes of at least 4 members (excludes halogenated alkanes) is 1. The quantitative estimate of drug-likeness (QED) is 0.344. The first-order valence-electron chi connectivity index (χ1n) is 12.3. The van der Waals surface area contributed by atoms with Gasteiger partial charge in [-0.2, -0.15) is 0 Å². The fourth-order valence-electron chi connectivity index (χ4n) is 3.83. The molecule has 0 unspecified atom stereocenters. The summed E-state index contributed by atoms with van der Waals surface area (Å²) in [7, 11) is 0. The standard InChI is InChI=1S/C26H44N4O3.ClH/c1-6-8-14-21(27)25(32)29-23(19(5)7-2)26(33)30(22(24(28)31)17-18(3)4)16-15-20-12-10-9-11-13-20;/h9-13,18-19,21-23H,6-8,14-17,27H2,1-5H3,(H2,28,31)(H,29,32);1H/t19-,21-,22-,23-;/m0./s1. The zero-order valence-corrected chi connectivity index (χ0v) is 22.3. The van der Waals surface area contributed by atoms with E-state index in [-0.39, 0.29) is 36.1 Å². The van der Waals surface area contributed by atoms with E-state index in [1.54, 1.807) is 4.90 Å². The van der Waals surface area contributed by atoms with Crippen molar-refractivity contribution in [2.75, 3.05) is 6.54 Å². The SMILES string of the molecule is CCCC[C@H](N)C(=O)N[C@H](C(=O)N(CCc1ccccc1)[C@@H](CC(C)C)C(N)=O)[C@@H](C)CC.Cl. The molecular formula is C26H45ClN4O3. The number of nitrogens with two attached hydrogens (primary N) is 2. The Balaban J connectivity index is 0.0000109. The summed E-state index contributed by atoms with van der Waals surface area (Å²) in [5.41, 5.74) is 12.9. The molecular weight excluding hydrogens is 452 g/mol. The fourth-order valence-corrected chi connectivity index (χ4v) is 3.83. The zero-order valence-electron chi connectivity index (χ0n) is 21.5. The lowest BCUT2D eigenvalue weighted by Gasteiger charge is -2.36. The van der Waals surface area contributed by atoms with Crippen molar-refractivity contribution in [1.29, 1.82) is 0 Å². The lowest BCUT2D eigenvalue weighted by atomic mass is 9.94. The van der Waals surface area contributed by atoms with Crippen molar-refractivity contribution in [3.05, 3.63) is 35.9 Å². The Kier molecular flexibility index (Phi) is 15.5. The van der Waals surface area contributed by atoms with E-state index >= 15 is 0 Å². The molecule has 0 saturated heterocycles. The van der Waals surface area contributed by atoms with Crippen LogP contribution in [0.2, 0.25) is 0 Å².